The number of para-hydroxylation sites is 1. The van der Waals surface area contributed by atoms with E-state index in [0.29, 0.717) is 6.61 Å². The van der Waals surface area contributed by atoms with E-state index in [9.17, 15) is 0 Å². The second kappa shape index (κ2) is 13.0. The lowest BCUT2D eigenvalue weighted by molar-refractivity contribution is 0.314. The first-order valence-corrected chi connectivity index (χ1v) is 16.0. The first-order chi connectivity index (χ1) is 18.9. The topological polar surface area (TPSA) is 36.9 Å². The third-order valence-electron chi connectivity index (χ3n) is 7.02. The number of rotatable bonds is 9. The molecule has 41 heavy (non-hydrogen) atoms. The van der Waals surface area contributed by atoms with E-state index in [2.05, 4.69) is 119 Å². The Morgan fingerprint density at radius 3 is 1.39 bits per heavy atom. The summed E-state index contributed by atoms with van der Waals surface area (Å²) in [6, 6.07) is 20.9. The third kappa shape index (κ3) is 9.44. The van der Waals surface area contributed by atoms with Crippen LogP contribution in [0.15, 0.2) is 60.7 Å². The maximum Gasteiger partial charge on any atom is 0.275 e. The van der Waals surface area contributed by atoms with Gasteiger partial charge in [-0.3, -0.25) is 0 Å². The van der Waals surface area contributed by atoms with Crippen LogP contribution < -0.4 is 13.6 Å². The van der Waals surface area contributed by atoms with Crippen molar-refractivity contribution in [3.8, 4) is 17.2 Å². The summed E-state index contributed by atoms with van der Waals surface area (Å²) in [4.78, 5) is 0. The predicted octanol–water partition coefficient (Wildman–Crippen LogP) is 10.9. The summed E-state index contributed by atoms with van der Waals surface area (Å²) >= 11 is 0. The SMILES string of the molecule is CC(C)(C)c1ccc(OPOCc2ccccc2OPOc2ccc(C(C)(C)C)cc2C(C)(C)C)c(C(C)(C)C)c1. The van der Waals surface area contributed by atoms with Gasteiger partial charge >= 0.3 is 0 Å². The lowest BCUT2D eigenvalue weighted by Crippen LogP contribution is -2.17. The van der Waals surface area contributed by atoms with Crippen LogP contribution in [0.5, 0.6) is 17.2 Å². The Hall–Kier alpha value is -2.12. The van der Waals surface area contributed by atoms with Gasteiger partial charge in [-0.25, -0.2) is 0 Å². The van der Waals surface area contributed by atoms with Gasteiger partial charge in [-0.05, 0) is 51.0 Å². The van der Waals surface area contributed by atoms with Crippen LogP contribution in [0, 0.1) is 0 Å². The highest BCUT2D eigenvalue weighted by atomic mass is 31.1. The Morgan fingerprint density at radius 1 is 0.488 bits per heavy atom. The first kappa shape index (κ1) is 33.4. The van der Waals surface area contributed by atoms with Crippen molar-refractivity contribution in [1.29, 1.82) is 0 Å². The van der Waals surface area contributed by atoms with Gasteiger partial charge < -0.3 is 18.1 Å². The number of hydrogen-bond acceptors (Lipinski definition) is 4. The molecule has 224 valence electrons. The van der Waals surface area contributed by atoms with Crippen molar-refractivity contribution in [2.45, 2.75) is 111 Å². The zero-order chi connectivity index (χ0) is 30.6. The minimum Gasteiger partial charge on any atom is -0.449 e. The first-order valence-electron chi connectivity index (χ1n) is 14.4. The highest BCUT2D eigenvalue weighted by Crippen LogP contribution is 2.40. The van der Waals surface area contributed by atoms with Crippen LogP contribution in [0.2, 0.25) is 0 Å². The summed E-state index contributed by atoms with van der Waals surface area (Å²) in [7, 11) is -0.302. The summed E-state index contributed by atoms with van der Waals surface area (Å²) in [6.07, 6.45) is 0. The van der Waals surface area contributed by atoms with E-state index in [1.807, 2.05) is 24.3 Å². The Balaban J connectivity index is 1.63. The summed E-state index contributed by atoms with van der Waals surface area (Å²) in [5.41, 5.74) is 5.99. The standard InChI is InChI=1S/C35H50O4P2/c1-32(2,3)25-17-19-30(27(21-25)34(7,8)9)38-40-36-23-24-15-13-14-16-29(24)37-41-39-31-20-18-26(33(4,5)6)22-28(31)35(10,11)12/h13-22,40-41H,23H2,1-12H3. The molecule has 3 aromatic rings. The predicted molar refractivity (Wildman–Crippen MR) is 177 cm³/mol. The smallest absolute Gasteiger partial charge is 0.275 e. The molecule has 3 rings (SSSR count). The van der Waals surface area contributed by atoms with Crippen molar-refractivity contribution in [2.24, 2.45) is 0 Å². The Kier molecular flexibility index (Phi) is 10.6. The Bertz CT molecular complexity index is 1310. The number of hydrogen-bond donors (Lipinski definition) is 0. The fraction of sp³-hybridized carbons (Fsp3) is 0.486. The molecule has 0 bridgehead atoms. The van der Waals surface area contributed by atoms with E-state index in [4.69, 9.17) is 18.1 Å². The maximum atomic E-state index is 6.19. The van der Waals surface area contributed by atoms with Crippen LogP contribution in [-0.2, 0) is 32.8 Å². The molecule has 0 radical (unpaired) electrons. The molecule has 0 aliphatic rings. The van der Waals surface area contributed by atoms with Crippen molar-refractivity contribution in [2.75, 3.05) is 0 Å². The highest BCUT2D eigenvalue weighted by molar-refractivity contribution is 7.27. The minimum absolute atomic E-state index is 0.0393. The molecule has 0 aliphatic carbocycles. The van der Waals surface area contributed by atoms with Gasteiger partial charge in [-0.2, -0.15) is 0 Å². The molecule has 0 aromatic heterocycles. The molecule has 3 aromatic carbocycles. The van der Waals surface area contributed by atoms with Crippen LogP contribution in [-0.4, -0.2) is 0 Å². The Labute approximate surface area is 252 Å². The van der Waals surface area contributed by atoms with Crippen molar-refractivity contribution < 1.29 is 18.1 Å². The fourth-order valence-corrected chi connectivity index (χ4v) is 5.50. The van der Waals surface area contributed by atoms with Crippen molar-refractivity contribution in [1.82, 2.24) is 0 Å². The molecule has 0 aliphatic heterocycles. The van der Waals surface area contributed by atoms with Gasteiger partial charge in [0.15, 0.2) is 0 Å². The van der Waals surface area contributed by atoms with Gasteiger partial charge in [-0.15, -0.1) is 0 Å². The summed E-state index contributed by atoms with van der Waals surface area (Å²) in [6.45, 7) is 27.1. The van der Waals surface area contributed by atoms with Crippen molar-refractivity contribution >= 4 is 18.1 Å². The van der Waals surface area contributed by atoms with Crippen LogP contribution in [0.25, 0.3) is 0 Å². The van der Waals surface area contributed by atoms with E-state index in [1.54, 1.807) is 0 Å². The maximum absolute atomic E-state index is 6.19. The average molecular weight is 597 g/mol. The molecule has 2 atom stereocenters. The largest absolute Gasteiger partial charge is 0.449 e. The molecule has 0 N–H and O–H groups in total. The normalized spacial score (nSPS) is 13.4. The van der Waals surface area contributed by atoms with Gasteiger partial charge in [0.25, 0.3) is 9.03 Å². The van der Waals surface area contributed by atoms with Crippen LogP contribution in [0.4, 0.5) is 0 Å². The molecule has 2 unspecified atom stereocenters. The number of benzene rings is 3. The summed E-state index contributed by atoms with van der Waals surface area (Å²) < 4.78 is 24.5. The lowest BCUT2D eigenvalue weighted by Gasteiger charge is -2.27. The highest BCUT2D eigenvalue weighted by Gasteiger charge is 2.24. The molecule has 0 heterocycles. The summed E-state index contributed by atoms with van der Waals surface area (Å²) in [5.74, 6) is 2.49. The summed E-state index contributed by atoms with van der Waals surface area (Å²) in [5, 5.41) is 0. The van der Waals surface area contributed by atoms with E-state index < -0.39 is 0 Å². The molecule has 0 amide bonds. The molecule has 0 saturated heterocycles. The van der Waals surface area contributed by atoms with Crippen molar-refractivity contribution in [3.63, 3.8) is 0 Å². The van der Waals surface area contributed by atoms with Gasteiger partial charge in [0.05, 0.1) is 6.61 Å². The van der Waals surface area contributed by atoms with Crippen molar-refractivity contribution in [3.05, 3.63) is 88.5 Å². The van der Waals surface area contributed by atoms with E-state index >= 15 is 0 Å². The molecule has 0 spiro atoms. The fourth-order valence-electron chi connectivity index (χ4n) is 4.36. The lowest BCUT2D eigenvalue weighted by atomic mass is 9.80. The third-order valence-corrected chi connectivity index (χ3v) is 8.19. The van der Waals surface area contributed by atoms with Gasteiger partial charge in [0.2, 0.25) is 9.03 Å². The second-order valence-electron chi connectivity index (χ2n) is 14.8. The van der Waals surface area contributed by atoms with Crippen LogP contribution in [0.3, 0.4) is 0 Å². The van der Waals surface area contributed by atoms with Gasteiger partial charge in [0, 0.05) is 16.7 Å². The molecule has 0 fully saturated rings. The van der Waals surface area contributed by atoms with Crippen LogP contribution >= 0.6 is 18.1 Å². The zero-order valence-corrected chi connectivity index (χ0v) is 29.1. The van der Waals surface area contributed by atoms with Crippen LogP contribution in [0.1, 0.15) is 111 Å². The zero-order valence-electron chi connectivity index (χ0n) is 27.1. The molecular weight excluding hydrogens is 546 g/mol. The van der Waals surface area contributed by atoms with E-state index in [1.165, 1.54) is 22.3 Å². The van der Waals surface area contributed by atoms with E-state index in [0.717, 1.165) is 22.8 Å². The molecular formula is C35H50O4P2. The Morgan fingerprint density at radius 2 is 0.927 bits per heavy atom. The molecule has 0 saturated carbocycles. The molecule has 6 heteroatoms. The van der Waals surface area contributed by atoms with Gasteiger partial charge in [0.1, 0.15) is 17.2 Å². The average Bonchev–Trinajstić information content (AvgIpc) is 2.85. The monoisotopic (exact) mass is 596 g/mol. The minimum atomic E-state index is -0.174. The van der Waals surface area contributed by atoms with Gasteiger partial charge in [-0.1, -0.05) is 126 Å². The van der Waals surface area contributed by atoms with E-state index in [-0.39, 0.29) is 39.7 Å². The quantitative estimate of drug-likeness (QED) is 0.182. The molecule has 4 nitrogen and oxygen atoms in total. The second-order valence-corrected chi connectivity index (χ2v) is 16.0.